The van der Waals surface area contributed by atoms with Crippen LogP contribution in [-0.2, 0) is 4.74 Å². The number of allylic oxidation sites excluding steroid dienone is 3. The molecule has 1 fully saturated rings. The summed E-state index contributed by atoms with van der Waals surface area (Å²) in [6.07, 6.45) is 8.15. The van der Waals surface area contributed by atoms with Crippen LogP contribution in [0.3, 0.4) is 0 Å². The standard InChI is InChI=1S/C31H27N7O3/c1-3-22(19-28(32-2)35-30(39)25-5-4-14-33-20-25)6-11-26-21-34-29-13-12-27(36-38(26)29)23-7-9-24(10-8-23)31(40)37-15-17-41-18-16-37/h3-5,7-10,12-14,19-21H,2,15-18H2,1H3,(H,35,39)/b22-3-,28-19+. The smallest absolute Gasteiger partial charge is 0.258 e. The number of nitrogens with zero attached hydrogens (tertiary/aromatic N) is 6. The molecule has 1 saturated heterocycles. The van der Waals surface area contributed by atoms with Gasteiger partial charge in [0, 0.05) is 42.2 Å². The van der Waals surface area contributed by atoms with Crippen LogP contribution < -0.4 is 5.32 Å². The first-order chi connectivity index (χ1) is 20.1. The van der Waals surface area contributed by atoms with Crippen LogP contribution in [0.25, 0.3) is 16.9 Å². The second-order valence-electron chi connectivity index (χ2n) is 8.99. The number of pyridine rings is 1. The predicted octanol–water partition coefficient (Wildman–Crippen LogP) is 3.53. The number of aliphatic imine (C=N–C) groups is 1. The summed E-state index contributed by atoms with van der Waals surface area (Å²) in [5.41, 5.74) is 4.45. The van der Waals surface area contributed by atoms with E-state index in [2.05, 4.69) is 38.8 Å². The number of aromatic nitrogens is 4. The lowest BCUT2D eigenvalue weighted by molar-refractivity contribution is 0.0303. The van der Waals surface area contributed by atoms with Gasteiger partial charge in [-0.05, 0) is 62.0 Å². The molecule has 10 nitrogen and oxygen atoms in total. The summed E-state index contributed by atoms with van der Waals surface area (Å²) < 4.78 is 7.01. The molecule has 0 saturated carbocycles. The van der Waals surface area contributed by atoms with Gasteiger partial charge in [-0.2, -0.15) is 5.10 Å². The Bertz CT molecular complexity index is 1710. The van der Waals surface area contributed by atoms with Gasteiger partial charge in [0.1, 0.15) is 11.5 Å². The van der Waals surface area contributed by atoms with Crippen molar-refractivity contribution >= 4 is 24.2 Å². The average molecular weight is 546 g/mol. The molecule has 2 amide bonds. The molecule has 3 aromatic heterocycles. The van der Waals surface area contributed by atoms with E-state index in [-0.39, 0.29) is 17.6 Å². The molecular weight excluding hydrogens is 518 g/mol. The molecular formula is C31H27N7O3. The van der Waals surface area contributed by atoms with E-state index in [1.54, 1.807) is 46.1 Å². The molecule has 0 spiro atoms. The molecule has 1 aliphatic rings. The van der Waals surface area contributed by atoms with E-state index in [0.717, 1.165) is 5.56 Å². The Balaban J connectivity index is 1.34. The van der Waals surface area contributed by atoms with Crippen molar-refractivity contribution < 1.29 is 14.3 Å². The molecule has 5 rings (SSSR count). The number of benzene rings is 1. The van der Waals surface area contributed by atoms with Gasteiger partial charge in [-0.15, -0.1) is 0 Å². The number of nitrogens with one attached hydrogen (secondary N) is 1. The lowest BCUT2D eigenvalue weighted by atomic mass is 10.1. The van der Waals surface area contributed by atoms with Gasteiger partial charge in [-0.25, -0.2) is 14.5 Å². The molecule has 0 bridgehead atoms. The third-order valence-corrected chi connectivity index (χ3v) is 6.36. The summed E-state index contributed by atoms with van der Waals surface area (Å²) in [5, 5.41) is 7.45. The number of amides is 2. The fourth-order valence-corrected chi connectivity index (χ4v) is 4.13. The van der Waals surface area contributed by atoms with Crippen LogP contribution in [0.4, 0.5) is 0 Å². The fraction of sp³-hybridized carbons (Fsp3) is 0.161. The van der Waals surface area contributed by atoms with Crippen molar-refractivity contribution in [3.63, 3.8) is 0 Å². The maximum atomic E-state index is 12.8. The van der Waals surface area contributed by atoms with Crippen molar-refractivity contribution in [3.05, 3.63) is 107 Å². The van der Waals surface area contributed by atoms with Crippen LogP contribution in [0, 0.1) is 11.8 Å². The number of hydrogen-bond donors (Lipinski definition) is 1. The first-order valence-corrected chi connectivity index (χ1v) is 13.0. The Kier molecular flexibility index (Phi) is 8.38. The number of rotatable bonds is 6. The minimum Gasteiger partial charge on any atom is -0.378 e. The van der Waals surface area contributed by atoms with Crippen molar-refractivity contribution in [1.29, 1.82) is 0 Å². The summed E-state index contributed by atoms with van der Waals surface area (Å²) in [5.74, 6) is 6.09. The summed E-state index contributed by atoms with van der Waals surface area (Å²) in [4.78, 5) is 39.3. The highest BCUT2D eigenvalue weighted by Crippen LogP contribution is 2.20. The van der Waals surface area contributed by atoms with Crippen LogP contribution in [0.1, 0.15) is 33.3 Å². The topological polar surface area (TPSA) is 114 Å². The van der Waals surface area contributed by atoms with Crippen molar-refractivity contribution in [2.45, 2.75) is 6.92 Å². The minimum atomic E-state index is -0.350. The van der Waals surface area contributed by atoms with E-state index in [1.165, 1.54) is 6.20 Å². The fourth-order valence-electron chi connectivity index (χ4n) is 4.13. The Morgan fingerprint density at radius 3 is 2.59 bits per heavy atom. The first kappa shape index (κ1) is 27.2. The maximum absolute atomic E-state index is 12.8. The monoisotopic (exact) mass is 545 g/mol. The zero-order chi connectivity index (χ0) is 28.6. The number of morpholine rings is 1. The Hall–Kier alpha value is -5.40. The quantitative estimate of drug-likeness (QED) is 0.225. The van der Waals surface area contributed by atoms with E-state index < -0.39 is 0 Å². The number of hydrogen-bond acceptors (Lipinski definition) is 7. The van der Waals surface area contributed by atoms with E-state index in [0.29, 0.717) is 60.0 Å². The van der Waals surface area contributed by atoms with Gasteiger partial charge >= 0.3 is 0 Å². The molecule has 4 aromatic rings. The lowest BCUT2D eigenvalue weighted by Crippen LogP contribution is -2.40. The van der Waals surface area contributed by atoms with Crippen LogP contribution in [0.2, 0.25) is 0 Å². The molecule has 204 valence electrons. The van der Waals surface area contributed by atoms with Crippen LogP contribution in [-0.4, -0.2) is 69.3 Å². The highest BCUT2D eigenvalue weighted by Gasteiger charge is 2.18. The number of fused-ring (bicyclic) bond motifs is 1. The number of imidazole rings is 1. The molecule has 10 heteroatoms. The molecule has 0 radical (unpaired) electrons. The van der Waals surface area contributed by atoms with E-state index in [9.17, 15) is 9.59 Å². The Morgan fingerprint density at radius 2 is 1.88 bits per heavy atom. The van der Waals surface area contributed by atoms with Gasteiger partial charge in [0.05, 0.1) is 30.7 Å². The van der Waals surface area contributed by atoms with E-state index in [1.807, 2.05) is 43.3 Å². The minimum absolute atomic E-state index is 0.00397. The summed E-state index contributed by atoms with van der Waals surface area (Å²) >= 11 is 0. The largest absolute Gasteiger partial charge is 0.378 e. The number of carbonyl (C=O) groups is 2. The summed E-state index contributed by atoms with van der Waals surface area (Å²) in [6.45, 7) is 7.70. The van der Waals surface area contributed by atoms with Crippen molar-refractivity contribution in [1.82, 2.24) is 29.8 Å². The normalized spacial score (nSPS) is 13.8. The SMILES string of the molecule is C=N/C(=C\C(C#Cc1cnc2ccc(-c3ccc(C(=O)N4CCOCC4)cc3)nn12)=C/C)NC(=O)c1cccnc1. The zero-order valence-corrected chi connectivity index (χ0v) is 22.4. The molecule has 0 atom stereocenters. The summed E-state index contributed by atoms with van der Waals surface area (Å²) in [6, 6.07) is 14.5. The number of ether oxygens (including phenoxy) is 1. The van der Waals surface area contributed by atoms with Gasteiger partial charge in [-0.3, -0.25) is 14.6 Å². The van der Waals surface area contributed by atoms with Gasteiger partial charge in [0.2, 0.25) is 0 Å². The van der Waals surface area contributed by atoms with Gasteiger partial charge in [0.15, 0.2) is 5.65 Å². The van der Waals surface area contributed by atoms with Crippen molar-refractivity contribution in [2.24, 2.45) is 4.99 Å². The van der Waals surface area contributed by atoms with E-state index in [4.69, 9.17) is 9.84 Å². The van der Waals surface area contributed by atoms with Gasteiger partial charge in [0.25, 0.3) is 11.8 Å². The van der Waals surface area contributed by atoms with E-state index >= 15 is 0 Å². The van der Waals surface area contributed by atoms with Crippen molar-refractivity contribution in [3.8, 4) is 23.1 Å². The second kappa shape index (κ2) is 12.6. The molecule has 1 aliphatic heterocycles. The molecule has 0 unspecified atom stereocenters. The Morgan fingerprint density at radius 1 is 1.07 bits per heavy atom. The molecule has 1 aromatic carbocycles. The second-order valence-corrected chi connectivity index (χ2v) is 8.99. The van der Waals surface area contributed by atoms with Crippen molar-refractivity contribution in [2.75, 3.05) is 26.3 Å². The highest BCUT2D eigenvalue weighted by atomic mass is 16.5. The van der Waals surface area contributed by atoms with Gasteiger partial charge in [-0.1, -0.05) is 24.1 Å². The highest BCUT2D eigenvalue weighted by molar-refractivity contribution is 5.95. The Labute approximate surface area is 237 Å². The third kappa shape index (κ3) is 6.43. The summed E-state index contributed by atoms with van der Waals surface area (Å²) in [7, 11) is 0. The van der Waals surface area contributed by atoms with Crippen LogP contribution >= 0.6 is 0 Å². The van der Waals surface area contributed by atoms with Gasteiger partial charge < -0.3 is 15.0 Å². The molecule has 1 N–H and O–H groups in total. The first-order valence-electron chi connectivity index (χ1n) is 13.0. The molecule has 4 heterocycles. The maximum Gasteiger partial charge on any atom is 0.258 e. The lowest BCUT2D eigenvalue weighted by Gasteiger charge is -2.26. The third-order valence-electron chi connectivity index (χ3n) is 6.36. The zero-order valence-electron chi connectivity index (χ0n) is 22.4. The predicted molar refractivity (Wildman–Crippen MR) is 155 cm³/mol. The molecule has 41 heavy (non-hydrogen) atoms. The van der Waals surface area contributed by atoms with Crippen LogP contribution in [0.15, 0.2) is 95.7 Å². The number of carbonyl (C=O) groups excluding carboxylic acids is 2. The average Bonchev–Trinajstić information content (AvgIpc) is 3.45. The van der Waals surface area contributed by atoms with Crippen LogP contribution in [0.5, 0.6) is 0 Å². The molecule has 0 aliphatic carbocycles.